The van der Waals surface area contributed by atoms with E-state index in [9.17, 15) is 9.90 Å². The third kappa shape index (κ3) is 4.93. The molecule has 1 saturated carbocycles. The number of aliphatic hydroxyl groups is 1. The van der Waals surface area contributed by atoms with Crippen LogP contribution in [-0.2, 0) is 22.4 Å². The predicted octanol–water partition coefficient (Wildman–Crippen LogP) is 5.18. The van der Waals surface area contributed by atoms with Gasteiger partial charge in [0.1, 0.15) is 6.10 Å². The van der Waals surface area contributed by atoms with Crippen molar-refractivity contribution in [1.82, 2.24) is 0 Å². The first-order valence-electron chi connectivity index (χ1n) is 10.9. The molecule has 1 aromatic carbocycles. The summed E-state index contributed by atoms with van der Waals surface area (Å²) in [4.78, 5) is 12.6. The van der Waals surface area contributed by atoms with Gasteiger partial charge in [0, 0.05) is 13.0 Å². The Morgan fingerprint density at radius 3 is 2.74 bits per heavy atom. The molecule has 2 aliphatic rings. The number of aliphatic hydroxyl groups excluding tert-OH is 1. The summed E-state index contributed by atoms with van der Waals surface area (Å²) in [7, 11) is 0. The van der Waals surface area contributed by atoms with Gasteiger partial charge in [0.05, 0.1) is 5.41 Å². The molecule has 3 heteroatoms. The topological polar surface area (TPSA) is 46.5 Å². The number of esters is 1. The molecule has 0 amide bonds. The van der Waals surface area contributed by atoms with E-state index in [0.29, 0.717) is 18.4 Å². The van der Waals surface area contributed by atoms with E-state index in [1.165, 1.54) is 23.1 Å². The highest BCUT2D eigenvalue weighted by atomic mass is 16.5. The summed E-state index contributed by atoms with van der Waals surface area (Å²) in [6, 6.07) is 6.89. The van der Waals surface area contributed by atoms with Gasteiger partial charge >= 0.3 is 5.97 Å². The molecule has 3 atom stereocenters. The number of hydrogen-bond donors (Lipinski definition) is 1. The fraction of sp³-hybridized carbons (Fsp3) is 0.708. The van der Waals surface area contributed by atoms with Crippen LogP contribution in [0, 0.1) is 11.3 Å². The molecule has 1 unspecified atom stereocenters. The highest BCUT2D eigenvalue weighted by molar-refractivity contribution is 5.76. The number of aryl methyl sites for hydroxylation is 1. The maximum Gasteiger partial charge on any atom is 0.311 e. The van der Waals surface area contributed by atoms with E-state index < -0.39 is 0 Å². The van der Waals surface area contributed by atoms with Crippen molar-refractivity contribution in [2.75, 3.05) is 6.61 Å². The molecular weight excluding hydrogens is 336 g/mol. The Hall–Kier alpha value is -1.35. The van der Waals surface area contributed by atoms with Crippen molar-refractivity contribution in [3.63, 3.8) is 0 Å². The van der Waals surface area contributed by atoms with Gasteiger partial charge in [-0.05, 0) is 80.9 Å². The lowest BCUT2D eigenvalue weighted by Gasteiger charge is -2.30. The van der Waals surface area contributed by atoms with Crippen molar-refractivity contribution in [1.29, 1.82) is 0 Å². The summed E-state index contributed by atoms with van der Waals surface area (Å²) in [5.74, 6) is 1.04. The first-order valence-corrected chi connectivity index (χ1v) is 10.9. The minimum Gasteiger partial charge on any atom is -0.462 e. The molecular formula is C24H36O3. The van der Waals surface area contributed by atoms with Crippen LogP contribution in [0.4, 0.5) is 0 Å². The molecule has 0 radical (unpaired) electrons. The average molecular weight is 373 g/mol. The van der Waals surface area contributed by atoms with E-state index in [0.717, 1.165) is 51.4 Å². The van der Waals surface area contributed by atoms with Gasteiger partial charge in [-0.2, -0.15) is 0 Å². The van der Waals surface area contributed by atoms with Crippen molar-refractivity contribution < 1.29 is 14.6 Å². The van der Waals surface area contributed by atoms with E-state index in [-0.39, 0.29) is 17.5 Å². The van der Waals surface area contributed by atoms with Crippen LogP contribution >= 0.6 is 0 Å². The molecule has 150 valence electrons. The van der Waals surface area contributed by atoms with Gasteiger partial charge in [-0.1, -0.05) is 38.0 Å². The van der Waals surface area contributed by atoms with Gasteiger partial charge in [-0.3, -0.25) is 4.79 Å². The lowest BCUT2D eigenvalue weighted by Crippen LogP contribution is -2.33. The standard InChI is InChI=1S/C24H36O3/c1-4-5-12-24(2,3)23(26)27-22-11-10-20-14-19(8-9-21(20)15-22)18-7-6-17(13-18)16-25/h8-9,14,17-18,22,25H,4-7,10-13,15-16H2,1-3H3/t17-,18+,22?/m1/s1. The van der Waals surface area contributed by atoms with E-state index >= 15 is 0 Å². The van der Waals surface area contributed by atoms with E-state index in [2.05, 4.69) is 25.1 Å². The molecule has 0 heterocycles. The zero-order valence-corrected chi connectivity index (χ0v) is 17.3. The van der Waals surface area contributed by atoms with E-state index in [1.54, 1.807) is 0 Å². The van der Waals surface area contributed by atoms with Gasteiger partial charge in [0.25, 0.3) is 0 Å². The van der Waals surface area contributed by atoms with Crippen molar-refractivity contribution >= 4 is 5.97 Å². The molecule has 27 heavy (non-hydrogen) atoms. The number of benzene rings is 1. The first kappa shape index (κ1) is 20.4. The molecule has 0 spiro atoms. The Kier molecular flexibility index (Phi) is 6.62. The summed E-state index contributed by atoms with van der Waals surface area (Å²) in [6.07, 6.45) is 9.29. The summed E-state index contributed by atoms with van der Waals surface area (Å²) < 4.78 is 5.90. The first-order chi connectivity index (χ1) is 12.9. The van der Waals surface area contributed by atoms with Crippen LogP contribution in [0.5, 0.6) is 0 Å². The van der Waals surface area contributed by atoms with Crippen molar-refractivity contribution in [2.45, 2.75) is 90.6 Å². The Balaban J connectivity index is 1.59. The SMILES string of the molecule is CCCCC(C)(C)C(=O)OC1CCc2cc([C@H]3CC[C@@H](CO)C3)ccc2C1. The number of ether oxygens (including phenoxy) is 1. The Morgan fingerprint density at radius 1 is 1.22 bits per heavy atom. The van der Waals surface area contributed by atoms with Crippen LogP contribution in [0.15, 0.2) is 18.2 Å². The number of carbonyl (C=O) groups is 1. The molecule has 1 N–H and O–H groups in total. The Bertz CT molecular complexity index is 649. The number of unbranched alkanes of at least 4 members (excludes halogenated alkanes) is 1. The van der Waals surface area contributed by atoms with Gasteiger partial charge in [-0.25, -0.2) is 0 Å². The second-order valence-electron chi connectivity index (χ2n) is 9.34. The summed E-state index contributed by atoms with van der Waals surface area (Å²) in [5.41, 5.74) is 3.82. The number of hydrogen-bond acceptors (Lipinski definition) is 3. The maximum absolute atomic E-state index is 12.6. The zero-order chi connectivity index (χ0) is 19.4. The summed E-state index contributed by atoms with van der Waals surface area (Å²) in [6.45, 7) is 6.50. The maximum atomic E-state index is 12.6. The minimum atomic E-state index is -0.383. The third-order valence-electron chi connectivity index (χ3n) is 6.67. The predicted molar refractivity (Wildman–Crippen MR) is 109 cm³/mol. The molecule has 0 aliphatic heterocycles. The largest absolute Gasteiger partial charge is 0.462 e. The molecule has 2 aliphatic carbocycles. The minimum absolute atomic E-state index is 0.0157. The zero-order valence-electron chi connectivity index (χ0n) is 17.3. The molecule has 0 saturated heterocycles. The van der Waals surface area contributed by atoms with Gasteiger partial charge in [0.15, 0.2) is 0 Å². The quantitative estimate of drug-likeness (QED) is 0.671. The van der Waals surface area contributed by atoms with Crippen LogP contribution in [0.25, 0.3) is 0 Å². The second-order valence-corrected chi connectivity index (χ2v) is 9.34. The number of rotatable bonds is 7. The normalized spacial score (nSPS) is 25.3. The smallest absolute Gasteiger partial charge is 0.311 e. The van der Waals surface area contributed by atoms with E-state index in [1.807, 2.05) is 13.8 Å². The average Bonchev–Trinajstić information content (AvgIpc) is 3.15. The number of carbonyl (C=O) groups excluding carboxylic acids is 1. The number of fused-ring (bicyclic) bond motifs is 1. The van der Waals surface area contributed by atoms with Gasteiger partial charge in [-0.15, -0.1) is 0 Å². The van der Waals surface area contributed by atoms with Crippen LogP contribution in [0.2, 0.25) is 0 Å². The molecule has 1 fully saturated rings. The highest BCUT2D eigenvalue weighted by Gasteiger charge is 2.32. The Morgan fingerprint density at radius 2 is 2.04 bits per heavy atom. The molecule has 3 rings (SSSR count). The van der Waals surface area contributed by atoms with Crippen LogP contribution in [0.1, 0.15) is 88.3 Å². The lowest BCUT2D eigenvalue weighted by molar-refractivity contribution is -0.160. The van der Waals surface area contributed by atoms with Crippen LogP contribution in [-0.4, -0.2) is 23.8 Å². The van der Waals surface area contributed by atoms with Crippen LogP contribution in [0.3, 0.4) is 0 Å². The fourth-order valence-electron chi connectivity index (χ4n) is 4.67. The fourth-order valence-corrected chi connectivity index (χ4v) is 4.67. The van der Waals surface area contributed by atoms with Crippen molar-refractivity contribution in [3.8, 4) is 0 Å². The van der Waals surface area contributed by atoms with Crippen molar-refractivity contribution in [2.24, 2.45) is 11.3 Å². The molecule has 0 aromatic heterocycles. The third-order valence-corrected chi connectivity index (χ3v) is 6.67. The second kappa shape index (κ2) is 8.77. The molecule has 3 nitrogen and oxygen atoms in total. The monoisotopic (exact) mass is 372 g/mol. The highest BCUT2D eigenvalue weighted by Crippen LogP contribution is 2.39. The van der Waals surface area contributed by atoms with Gasteiger partial charge < -0.3 is 9.84 Å². The van der Waals surface area contributed by atoms with Crippen molar-refractivity contribution in [3.05, 3.63) is 34.9 Å². The summed E-state index contributed by atoms with van der Waals surface area (Å²) >= 11 is 0. The molecule has 0 bridgehead atoms. The Labute approximate surface area is 164 Å². The molecule has 1 aromatic rings. The van der Waals surface area contributed by atoms with Crippen LogP contribution < -0.4 is 0 Å². The lowest BCUT2D eigenvalue weighted by atomic mass is 9.85. The summed E-state index contributed by atoms with van der Waals surface area (Å²) in [5, 5.41) is 9.39. The van der Waals surface area contributed by atoms with E-state index in [4.69, 9.17) is 4.74 Å². The van der Waals surface area contributed by atoms with Gasteiger partial charge in [0.2, 0.25) is 0 Å².